The molecule has 2 aliphatic carbocycles. The number of unbranched alkanes of at least 4 members (excludes halogenated alkanes) is 3. The summed E-state index contributed by atoms with van der Waals surface area (Å²) in [5.74, 6) is -3.39. The van der Waals surface area contributed by atoms with Crippen LogP contribution in [0.15, 0.2) is 54.6 Å². The molecule has 6 rings (SSSR count). The molecule has 2 saturated carbocycles. The van der Waals surface area contributed by atoms with E-state index in [-0.39, 0.29) is 36.9 Å². The maximum atomic E-state index is 14.3. The van der Waals surface area contributed by atoms with Crippen molar-refractivity contribution < 1.29 is 45.1 Å². The summed E-state index contributed by atoms with van der Waals surface area (Å²) < 4.78 is 87.8. The van der Waals surface area contributed by atoms with Gasteiger partial charge in [0.2, 0.25) is 27.7 Å². The summed E-state index contributed by atoms with van der Waals surface area (Å²) in [4.78, 5) is 44.7. The van der Waals surface area contributed by atoms with Crippen molar-refractivity contribution in [3.05, 3.63) is 66.0 Å². The SMILES string of the molecule is CC1(S(=O)(=O)NC(=O)[C@H]2C[C@H]2/C=C\CCCCCC(Nc2cc(F)cc(C(F)(F)F)c2)C(=O)N2C[C@H](Oc3nc4ccccc4s3)C[C@H]2C(N)=O)CC1. The fraction of sp³-hybridized carbons (Fsp3) is 0.500. The van der Waals surface area contributed by atoms with Gasteiger partial charge in [-0.05, 0) is 81.7 Å². The predicted molar refractivity (Wildman–Crippen MR) is 191 cm³/mol. The third-order valence-corrected chi connectivity index (χ3v) is 13.1. The molecule has 1 unspecified atom stereocenters. The molecule has 3 aliphatic rings. The van der Waals surface area contributed by atoms with Gasteiger partial charge in [0.25, 0.3) is 5.19 Å². The van der Waals surface area contributed by atoms with Gasteiger partial charge in [0.05, 0.1) is 27.1 Å². The molecule has 2 heterocycles. The molecule has 1 aliphatic heterocycles. The lowest BCUT2D eigenvalue weighted by Crippen LogP contribution is -2.49. The lowest BCUT2D eigenvalue weighted by Gasteiger charge is -2.28. The van der Waals surface area contributed by atoms with Crippen molar-refractivity contribution in [2.75, 3.05) is 11.9 Å². The van der Waals surface area contributed by atoms with Crippen LogP contribution in [0.4, 0.5) is 23.2 Å². The monoisotopic (exact) mass is 779 g/mol. The lowest BCUT2D eigenvalue weighted by molar-refractivity contribution is -0.138. The van der Waals surface area contributed by atoms with Crippen molar-refractivity contribution in [1.29, 1.82) is 0 Å². The Morgan fingerprint density at radius 2 is 1.89 bits per heavy atom. The molecule has 0 radical (unpaired) electrons. The molecular weight excluding hydrogens is 739 g/mol. The van der Waals surface area contributed by atoms with E-state index in [4.69, 9.17) is 10.5 Å². The van der Waals surface area contributed by atoms with Crippen LogP contribution in [0.25, 0.3) is 10.2 Å². The third kappa shape index (κ3) is 9.28. The van der Waals surface area contributed by atoms with E-state index >= 15 is 0 Å². The van der Waals surface area contributed by atoms with E-state index in [1.165, 1.54) is 16.2 Å². The minimum atomic E-state index is -4.82. The highest BCUT2D eigenvalue weighted by atomic mass is 32.2. The fourth-order valence-electron chi connectivity index (χ4n) is 6.50. The van der Waals surface area contributed by atoms with Gasteiger partial charge in [-0.2, -0.15) is 13.2 Å². The Hall–Kier alpha value is -4.25. The summed E-state index contributed by atoms with van der Waals surface area (Å²) in [6, 6.07) is 7.24. The van der Waals surface area contributed by atoms with Crippen LogP contribution in [0.2, 0.25) is 0 Å². The average Bonchev–Trinajstić information content (AvgIpc) is 3.95. The van der Waals surface area contributed by atoms with Crippen LogP contribution in [0.1, 0.15) is 70.3 Å². The number of para-hydroxylation sites is 1. The number of hydrogen-bond acceptors (Lipinski definition) is 9. The Labute approximate surface area is 308 Å². The number of nitrogens with two attached hydrogens (primary N) is 1. The number of ether oxygens (including phenoxy) is 1. The summed E-state index contributed by atoms with van der Waals surface area (Å²) in [7, 11) is -3.68. The third-order valence-electron chi connectivity index (χ3n) is 10.0. The Balaban J connectivity index is 1.06. The van der Waals surface area contributed by atoms with Crippen molar-refractivity contribution in [1.82, 2.24) is 14.6 Å². The highest BCUT2D eigenvalue weighted by molar-refractivity contribution is 7.91. The molecule has 4 N–H and O–H groups in total. The van der Waals surface area contributed by atoms with E-state index in [0.717, 1.165) is 22.3 Å². The standard InChI is InChI=1S/C36H41F4N5O6S2/c1-35(13-14-35)53(49,50)44-32(47)26-15-21(26)9-5-3-2-4-6-11-28(42-24-17-22(36(38,39)40)16-23(37)18-24)33(48)45-20-25(19-29(45)31(41)46)51-34-43-27-10-7-8-12-30(27)52-34/h5,7-10,12,16-18,21,25-26,28-29,42H,2-4,6,11,13-15,19-20H2,1H3,(H2,41,46)(H,44,47)/b9-5-/t21-,25-,26+,28?,29+/m1/s1. The molecule has 3 amide bonds. The lowest BCUT2D eigenvalue weighted by atomic mass is 10.0. The van der Waals surface area contributed by atoms with Crippen LogP contribution in [0.3, 0.4) is 0 Å². The molecule has 0 spiro atoms. The van der Waals surface area contributed by atoms with Crippen LogP contribution < -0.4 is 20.5 Å². The van der Waals surface area contributed by atoms with Gasteiger partial charge in [0.15, 0.2) is 0 Å². The molecule has 3 aromatic rings. The zero-order valence-electron chi connectivity index (χ0n) is 28.9. The number of hydrogen-bond donors (Lipinski definition) is 3. The minimum absolute atomic E-state index is 0.0201. The minimum Gasteiger partial charge on any atom is -0.465 e. The molecule has 0 bridgehead atoms. The van der Waals surface area contributed by atoms with E-state index < -0.39 is 68.2 Å². The van der Waals surface area contributed by atoms with Crippen molar-refractivity contribution >= 4 is 55.0 Å². The number of amides is 3. The number of carbonyl (C=O) groups is 3. The Bertz CT molecular complexity index is 1970. The number of sulfonamides is 1. The Morgan fingerprint density at radius 3 is 2.58 bits per heavy atom. The van der Waals surface area contributed by atoms with Crippen LogP contribution in [0, 0.1) is 17.7 Å². The Morgan fingerprint density at radius 1 is 1.13 bits per heavy atom. The summed E-state index contributed by atoms with van der Waals surface area (Å²) >= 11 is 1.31. The fourth-order valence-corrected chi connectivity index (χ4v) is 8.68. The number of allylic oxidation sites excluding steroid dienone is 2. The number of thiazole rings is 1. The first kappa shape index (κ1) is 38.5. The molecule has 5 atom stereocenters. The number of nitrogens with zero attached hydrogens (tertiary/aromatic N) is 2. The molecule has 3 fully saturated rings. The molecule has 11 nitrogen and oxygen atoms in total. The van der Waals surface area contributed by atoms with Crippen molar-refractivity contribution in [2.45, 2.75) is 93.8 Å². The Kier molecular flexibility index (Phi) is 11.1. The number of fused-ring (bicyclic) bond motifs is 1. The number of likely N-dealkylation sites (tertiary alicyclic amines) is 1. The maximum absolute atomic E-state index is 14.3. The first-order valence-electron chi connectivity index (χ1n) is 17.5. The first-order valence-corrected chi connectivity index (χ1v) is 19.8. The van der Waals surface area contributed by atoms with E-state index in [1.54, 1.807) is 6.92 Å². The largest absolute Gasteiger partial charge is 0.465 e. The predicted octanol–water partition coefficient (Wildman–Crippen LogP) is 5.91. The number of nitrogens with one attached hydrogen (secondary N) is 2. The zero-order chi connectivity index (χ0) is 38.1. The van der Waals surface area contributed by atoms with Crippen molar-refractivity contribution in [2.24, 2.45) is 17.6 Å². The number of carbonyl (C=O) groups excluding carboxylic acids is 3. The van der Waals surface area contributed by atoms with Crippen LogP contribution >= 0.6 is 11.3 Å². The van der Waals surface area contributed by atoms with Crippen molar-refractivity contribution in [3.63, 3.8) is 0 Å². The van der Waals surface area contributed by atoms with Gasteiger partial charge < -0.3 is 20.7 Å². The van der Waals surface area contributed by atoms with Gasteiger partial charge in [-0.3, -0.25) is 19.1 Å². The van der Waals surface area contributed by atoms with Crippen molar-refractivity contribution in [3.8, 4) is 5.19 Å². The van der Waals surface area contributed by atoms with Gasteiger partial charge >= 0.3 is 6.18 Å². The van der Waals surface area contributed by atoms with E-state index in [1.807, 2.05) is 36.4 Å². The second-order valence-corrected chi connectivity index (χ2v) is 17.4. The average molecular weight is 780 g/mol. The number of primary amides is 1. The first-order chi connectivity index (χ1) is 25.0. The smallest absolute Gasteiger partial charge is 0.416 e. The molecule has 286 valence electrons. The number of halogens is 4. The molecular formula is C36H41F4N5O6S2. The van der Waals surface area contributed by atoms with Gasteiger partial charge in [0, 0.05) is 18.0 Å². The molecule has 17 heteroatoms. The summed E-state index contributed by atoms with van der Waals surface area (Å²) in [5, 5.41) is 3.15. The van der Waals surface area contributed by atoms with Crippen LogP contribution in [-0.4, -0.2) is 65.5 Å². The summed E-state index contributed by atoms with van der Waals surface area (Å²) in [6.07, 6.45) is 2.68. The second kappa shape index (κ2) is 15.2. The van der Waals surface area contributed by atoms with Gasteiger partial charge in [-0.25, -0.2) is 17.8 Å². The maximum Gasteiger partial charge on any atom is 0.416 e. The summed E-state index contributed by atoms with van der Waals surface area (Å²) in [5.41, 5.74) is 4.97. The van der Waals surface area contributed by atoms with E-state index in [2.05, 4.69) is 15.0 Å². The number of rotatable bonds is 16. The normalized spacial score (nSPS) is 22.8. The quantitative estimate of drug-likeness (QED) is 0.0920. The van der Waals surface area contributed by atoms with Gasteiger partial charge in [0.1, 0.15) is 24.0 Å². The summed E-state index contributed by atoms with van der Waals surface area (Å²) in [6.45, 7) is 1.60. The number of alkyl halides is 3. The van der Waals surface area contributed by atoms with E-state index in [9.17, 15) is 40.4 Å². The number of benzene rings is 2. The number of anilines is 1. The molecule has 2 aromatic carbocycles. The van der Waals surface area contributed by atoms with Gasteiger partial charge in [-0.1, -0.05) is 48.5 Å². The van der Waals surface area contributed by atoms with E-state index in [0.29, 0.717) is 56.2 Å². The van der Waals surface area contributed by atoms with Crippen LogP contribution in [0.5, 0.6) is 5.19 Å². The molecule has 53 heavy (non-hydrogen) atoms. The topological polar surface area (TPSA) is 161 Å². The molecule has 1 saturated heterocycles. The van der Waals surface area contributed by atoms with Gasteiger partial charge in [-0.15, -0.1) is 0 Å². The highest BCUT2D eigenvalue weighted by Crippen LogP contribution is 2.44. The zero-order valence-corrected chi connectivity index (χ0v) is 30.5. The second-order valence-electron chi connectivity index (χ2n) is 14.2. The highest BCUT2D eigenvalue weighted by Gasteiger charge is 2.52. The number of aromatic nitrogens is 1. The van der Waals surface area contributed by atoms with Crippen LogP contribution in [-0.2, 0) is 30.6 Å². The molecule has 1 aromatic heterocycles.